The van der Waals surface area contributed by atoms with Gasteiger partial charge < -0.3 is 14.7 Å². The van der Waals surface area contributed by atoms with E-state index >= 15 is 0 Å². The fourth-order valence-corrected chi connectivity index (χ4v) is 1.57. The zero-order chi connectivity index (χ0) is 13.7. The molecule has 0 aliphatic heterocycles. The number of methoxy groups -OCH3 is 1. The second kappa shape index (κ2) is 6.26. The summed E-state index contributed by atoms with van der Waals surface area (Å²) in [6.45, 7) is 0.152. The van der Waals surface area contributed by atoms with Crippen LogP contribution in [0.4, 0.5) is 0 Å². The molecule has 0 saturated heterocycles. The van der Waals surface area contributed by atoms with Crippen LogP contribution in [0.25, 0.3) is 0 Å². The molecule has 1 amide bonds. The number of amides is 1. The van der Waals surface area contributed by atoms with Crippen LogP contribution in [0.5, 0.6) is 5.75 Å². The molecule has 0 fully saturated rings. The smallest absolute Gasteiger partial charge is 0.305 e. The summed E-state index contributed by atoms with van der Waals surface area (Å²) in [7, 11) is 3.01. The molecule has 18 heavy (non-hydrogen) atoms. The van der Waals surface area contributed by atoms with Crippen LogP contribution in [0.3, 0.4) is 0 Å². The molecular formula is C12H14ClNO4. The van der Waals surface area contributed by atoms with Gasteiger partial charge in [0.05, 0.1) is 18.6 Å². The Kier molecular flexibility index (Phi) is 4.97. The van der Waals surface area contributed by atoms with Crippen molar-refractivity contribution in [3.63, 3.8) is 0 Å². The van der Waals surface area contributed by atoms with E-state index in [0.29, 0.717) is 16.3 Å². The average molecular weight is 272 g/mol. The van der Waals surface area contributed by atoms with Crippen LogP contribution in [0.1, 0.15) is 16.8 Å². The minimum absolute atomic E-state index is 0.0903. The Morgan fingerprint density at radius 3 is 2.67 bits per heavy atom. The maximum Gasteiger partial charge on any atom is 0.305 e. The highest BCUT2D eigenvalue weighted by Crippen LogP contribution is 2.25. The van der Waals surface area contributed by atoms with Crippen molar-refractivity contribution >= 4 is 23.5 Å². The number of hydrogen-bond donors (Lipinski definition) is 1. The average Bonchev–Trinajstić information content (AvgIpc) is 2.35. The summed E-state index contributed by atoms with van der Waals surface area (Å²) in [5, 5.41) is 8.98. The lowest BCUT2D eigenvalue weighted by Gasteiger charge is -2.16. The topological polar surface area (TPSA) is 66.8 Å². The fourth-order valence-electron chi connectivity index (χ4n) is 1.38. The molecule has 6 heteroatoms. The molecule has 0 saturated carbocycles. The molecule has 0 heterocycles. The van der Waals surface area contributed by atoms with Gasteiger partial charge in [-0.3, -0.25) is 9.59 Å². The van der Waals surface area contributed by atoms with Crippen LogP contribution >= 0.6 is 11.6 Å². The Bertz CT molecular complexity index is 461. The summed E-state index contributed by atoms with van der Waals surface area (Å²) < 4.78 is 5.02. The van der Waals surface area contributed by atoms with Gasteiger partial charge in [-0.15, -0.1) is 0 Å². The molecule has 0 spiro atoms. The lowest BCUT2D eigenvalue weighted by atomic mass is 10.2. The van der Waals surface area contributed by atoms with Crippen LogP contribution in [0.15, 0.2) is 18.2 Å². The Balaban J connectivity index is 2.80. The summed E-state index contributed by atoms with van der Waals surface area (Å²) in [5.74, 6) is -0.802. The number of rotatable bonds is 5. The number of carboxylic acid groups (broad SMARTS) is 1. The number of carbonyl (C=O) groups is 2. The van der Waals surface area contributed by atoms with Crippen molar-refractivity contribution in [1.29, 1.82) is 0 Å². The van der Waals surface area contributed by atoms with Crippen molar-refractivity contribution < 1.29 is 19.4 Å². The summed E-state index contributed by atoms with van der Waals surface area (Å²) in [6, 6.07) is 4.67. The molecule has 0 atom stereocenters. The number of carbonyl (C=O) groups excluding carboxylic acids is 1. The highest BCUT2D eigenvalue weighted by molar-refractivity contribution is 6.32. The minimum atomic E-state index is -0.941. The van der Waals surface area contributed by atoms with E-state index in [9.17, 15) is 9.59 Å². The van der Waals surface area contributed by atoms with E-state index in [1.165, 1.54) is 18.1 Å². The molecule has 1 aromatic carbocycles. The van der Waals surface area contributed by atoms with Crippen LogP contribution in [-0.2, 0) is 4.79 Å². The van der Waals surface area contributed by atoms with Gasteiger partial charge >= 0.3 is 5.97 Å². The van der Waals surface area contributed by atoms with Gasteiger partial charge in [0.25, 0.3) is 5.91 Å². The van der Waals surface area contributed by atoms with Gasteiger partial charge in [0, 0.05) is 19.2 Å². The maximum atomic E-state index is 12.0. The molecule has 0 unspecified atom stereocenters. The first-order valence-corrected chi connectivity index (χ1v) is 5.64. The molecule has 5 nitrogen and oxygen atoms in total. The molecule has 0 aliphatic rings. The van der Waals surface area contributed by atoms with Crippen molar-refractivity contribution in [2.75, 3.05) is 20.7 Å². The lowest BCUT2D eigenvalue weighted by Crippen LogP contribution is -2.29. The molecule has 1 rings (SSSR count). The standard InChI is InChI=1S/C12H14ClNO4/c1-14(6-5-11(15)16)12(17)8-3-4-9(13)10(7-8)18-2/h3-4,7H,5-6H2,1-2H3,(H,15,16). The number of aliphatic carboxylic acids is 1. The second-order valence-corrected chi connectivity index (χ2v) is 4.13. The largest absolute Gasteiger partial charge is 0.495 e. The Labute approximate surface area is 110 Å². The van der Waals surface area contributed by atoms with E-state index in [1.54, 1.807) is 19.2 Å². The third-order valence-corrected chi connectivity index (χ3v) is 2.72. The summed E-state index contributed by atoms with van der Waals surface area (Å²) in [5.41, 5.74) is 0.407. The van der Waals surface area contributed by atoms with Crippen molar-refractivity contribution in [2.24, 2.45) is 0 Å². The maximum absolute atomic E-state index is 12.0. The quantitative estimate of drug-likeness (QED) is 0.888. The Morgan fingerprint density at radius 1 is 1.44 bits per heavy atom. The van der Waals surface area contributed by atoms with Gasteiger partial charge in [-0.25, -0.2) is 0 Å². The SMILES string of the molecule is COc1cc(C(=O)N(C)CCC(=O)O)ccc1Cl. The Hall–Kier alpha value is -1.75. The van der Waals surface area contributed by atoms with E-state index < -0.39 is 5.97 Å². The molecule has 1 N–H and O–H groups in total. The molecule has 0 radical (unpaired) electrons. The zero-order valence-corrected chi connectivity index (χ0v) is 10.9. The van der Waals surface area contributed by atoms with E-state index in [4.69, 9.17) is 21.4 Å². The normalized spacial score (nSPS) is 9.94. The summed E-state index contributed by atoms with van der Waals surface area (Å²) in [4.78, 5) is 23.7. The summed E-state index contributed by atoms with van der Waals surface area (Å²) >= 11 is 5.86. The highest BCUT2D eigenvalue weighted by Gasteiger charge is 2.14. The van der Waals surface area contributed by atoms with Crippen molar-refractivity contribution in [2.45, 2.75) is 6.42 Å². The van der Waals surface area contributed by atoms with Gasteiger partial charge in [-0.2, -0.15) is 0 Å². The van der Waals surface area contributed by atoms with Crippen LogP contribution < -0.4 is 4.74 Å². The van der Waals surface area contributed by atoms with Crippen molar-refractivity contribution in [3.8, 4) is 5.75 Å². The highest BCUT2D eigenvalue weighted by atomic mass is 35.5. The molecule has 1 aromatic rings. The van der Waals surface area contributed by atoms with Gasteiger partial charge in [-0.1, -0.05) is 11.6 Å². The third-order valence-electron chi connectivity index (χ3n) is 2.41. The van der Waals surface area contributed by atoms with Gasteiger partial charge in [0.15, 0.2) is 0 Å². The lowest BCUT2D eigenvalue weighted by molar-refractivity contribution is -0.137. The second-order valence-electron chi connectivity index (χ2n) is 3.72. The van der Waals surface area contributed by atoms with Crippen molar-refractivity contribution in [3.05, 3.63) is 28.8 Å². The number of halogens is 1. The van der Waals surface area contributed by atoms with Crippen molar-refractivity contribution in [1.82, 2.24) is 4.90 Å². The van der Waals surface area contributed by atoms with E-state index in [2.05, 4.69) is 0 Å². The predicted molar refractivity (Wildman–Crippen MR) is 67.2 cm³/mol. The monoisotopic (exact) mass is 271 g/mol. The van der Waals surface area contributed by atoms with E-state index in [1.807, 2.05) is 0 Å². The van der Waals surface area contributed by atoms with Gasteiger partial charge in [-0.05, 0) is 18.2 Å². The molecule has 0 aromatic heterocycles. The number of carboxylic acids is 1. The molecule has 0 aliphatic carbocycles. The first-order chi connectivity index (χ1) is 8.45. The number of ether oxygens (including phenoxy) is 1. The van der Waals surface area contributed by atoms with E-state index in [-0.39, 0.29) is 18.9 Å². The first kappa shape index (κ1) is 14.3. The fraction of sp³-hybridized carbons (Fsp3) is 0.333. The first-order valence-electron chi connectivity index (χ1n) is 5.26. The molecule has 0 bridgehead atoms. The van der Waals surface area contributed by atoms with E-state index in [0.717, 1.165) is 0 Å². The Morgan fingerprint density at radius 2 is 2.11 bits per heavy atom. The minimum Gasteiger partial charge on any atom is -0.495 e. The zero-order valence-electron chi connectivity index (χ0n) is 10.1. The van der Waals surface area contributed by atoms with Gasteiger partial charge in [0.2, 0.25) is 0 Å². The van der Waals surface area contributed by atoms with Crippen LogP contribution in [0.2, 0.25) is 5.02 Å². The molecule has 98 valence electrons. The van der Waals surface area contributed by atoms with Crippen LogP contribution in [0, 0.1) is 0 Å². The summed E-state index contributed by atoms with van der Waals surface area (Å²) in [6.07, 6.45) is -0.0903. The number of benzene rings is 1. The number of nitrogens with zero attached hydrogens (tertiary/aromatic N) is 1. The molecular weight excluding hydrogens is 258 g/mol. The number of hydrogen-bond acceptors (Lipinski definition) is 3. The van der Waals surface area contributed by atoms with Gasteiger partial charge in [0.1, 0.15) is 5.75 Å². The van der Waals surface area contributed by atoms with Crippen LogP contribution in [-0.4, -0.2) is 42.6 Å². The third kappa shape index (κ3) is 3.63. The predicted octanol–water partition coefficient (Wildman–Crippen LogP) is 1.90.